The molecule has 0 radical (unpaired) electrons. The molecule has 8 heteroatoms. The third-order valence-electron chi connectivity index (χ3n) is 6.22. The van der Waals surface area contributed by atoms with Gasteiger partial charge in [-0.15, -0.1) is 0 Å². The van der Waals surface area contributed by atoms with Crippen molar-refractivity contribution in [2.24, 2.45) is 0 Å². The van der Waals surface area contributed by atoms with Crippen molar-refractivity contribution in [3.63, 3.8) is 0 Å². The molecular formula is C29H36N2O6. The molecule has 0 unspecified atom stereocenters. The van der Waals surface area contributed by atoms with Crippen LogP contribution in [0.5, 0.6) is 0 Å². The Balaban J connectivity index is 1.63. The van der Waals surface area contributed by atoms with E-state index in [9.17, 15) is 19.2 Å². The average molecular weight is 509 g/mol. The minimum atomic E-state index is -0.452. The summed E-state index contributed by atoms with van der Waals surface area (Å²) in [6.45, 7) is 5.06. The molecule has 0 aliphatic heterocycles. The standard InChI is InChI=1S/C29H36N2O6/c1-3-14-30-16-28(34)36-18-26(32)21-10-8-20(9-11-21)22-12-13-25(24-7-5-6-23(22)24)27(33)19-37-29(35)17-31-15-4-2/h8-13,30-31H,3-7,14-19H2,1-2H3. The van der Waals surface area contributed by atoms with Crippen LogP contribution in [0.3, 0.4) is 0 Å². The van der Waals surface area contributed by atoms with Crippen LogP contribution < -0.4 is 10.6 Å². The lowest BCUT2D eigenvalue weighted by Gasteiger charge is -2.14. The summed E-state index contributed by atoms with van der Waals surface area (Å²) in [5.41, 5.74) is 5.17. The van der Waals surface area contributed by atoms with Gasteiger partial charge in [-0.2, -0.15) is 0 Å². The van der Waals surface area contributed by atoms with Gasteiger partial charge in [0.1, 0.15) is 0 Å². The molecule has 198 valence electrons. The maximum atomic E-state index is 12.8. The number of carbonyl (C=O) groups excluding carboxylic acids is 4. The second-order valence-electron chi connectivity index (χ2n) is 9.07. The van der Waals surface area contributed by atoms with E-state index in [-0.39, 0.29) is 37.9 Å². The van der Waals surface area contributed by atoms with E-state index in [4.69, 9.17) is 9.47 Å². The van der Waals surface area contributed by atoms with E-state index in [0.29, 0.717) is 17.7 Å². The predicted molar refractivity (Wildman–Crippen MR) is 141 cm³/mol. The van der Waals surface area contributed by atoms with Gasteiger partial charge in [-0.05, 0) is 67.4 Å². The van der Waals surface area contributed by atoms with Crippen LogP contribution in [0.15, 0.2) is 36.4 Å². The number of esters is 2. The van der Waals surface area contributed by atoms with E-state index in [2.05, 4.69) is 10.6 Å². The first-order valence-electron chi connectivity index (χ1n) is 13.0. The summed E-state index contributed by atoms with van der Waals surface area (Å²) in [6.07, 6.45) is 4.42. The molecule has 3 rings (SSSR count). The van der Waals surface area contributed by atoms with Crippen LogP contribution in [0.1, 0.15) is 65.0 Å². The van der Waals surface area contributed by atoms with Gasteiger partial charge >= 0.3 is 11.9 Å². The van der Waals surface area contributed by atoms with Crippen molar-refractivity contribution >= 4 is 23.5 Å². The zero-order chi connectivity index (χ0) is 26.6. The molecule has 0 saturated heterocycles. The van der Waals surface area contributed by atoms with Gasteiger partial charge in [-0.3, -0.25) is 19.2 Å². The van der Waals surface area contributed by atoms with Crippen LogP contribution in [0.2, 0.25) is 0 Å². The van der Waals surface area contributed by atoms with Gasteiger partial charge in [0.25, 0.3) is 0 Å². The first kappa shape index (κ1) is 28.2. The topological polar surface area (TPSA) is 111 Å². The molecule has 2 aromatic rings. The zero-order valence-electron chi connectivity index (χ0n) is 21.7. The second-order valence-corrected chi connectivity index (χ2v) is 9.07. The summed E-state index contributed by atoms with van der Waals surface area (Å²) in [4.78, 5) is 48.8. The smallest absolute Gasteiger partial charge is 0.320 e. The Morgan fingerprint density at radius 3 is 1.89 bits per heavy atom. The monoisotopic (exact) mass is 508 g/mol. The number of nitrogens with one attached hydrogen (secondary N) is 2. The number of benzene rings is 2. The van der Waals surface area contributed by atoms with Gasteiger partial charge in [0.15, 0.2) is 19.0 Å². The zero-order valence-corrected chi connectivity index (χ0v) is 21.7. The molecule has 8 nitrogen and oxygen atoms in total. The minimum absolute atomic E-state index is 0.0856. The molecule has 0 heterocycles. The summed E-state index contributed by atoms with van der Waals surface area (Å²) in [5, 5.41) is 5.91. The lowest BCUT2D eigenvalue weighted by atomic mass is 9.91. The van der Waals surface area contributed by atoms with Crippen LogP contribution in [0.4, 0.5) is 0 Å². The van der Waals surface area contributed by atoms with E-state index >= 15 is 0 Å². The van der Waals surface area contributed by atoms with Crippen molar-refractivity contribution < 1.29 is 28.7 Å². The molecular weight excluding hydrogens is 472 g/mol. The number of ketones is 2. The highest BCUT2D eigenvalue weighted by atomic mass is 16.5. The Bertz CT molecular complexity index is 1110. The molecule has 0 amide bonds. The number of rotatable bonds is 15. The van der Waals surface area contributed by atoms with Crippen LogP contribution in [-0.4, -0.2) is 62.9 Å². The summed E-state index contributed by atoms with van der Waals surface area (Å²) >= 11 is 0. The molecule has 0 atom stereocenters. The fourth-order valence-electron chi connectivity index (χ4n) is 4.36. The molecule has 1 aliphatic carbocycles. The van der Waals surface area contributed by atoms with Crippen LogP contribution >= 0.6 is 0 Å². The molecule has 0 bridgehead atoms. The highest BCUT2D eigenvalue weighted by molar-refractivity contribution is 6.01. The number of hydrogen-bond donors (Lipinski definition) is 2. The summed E-state index contributed by atoms with van der Waals surface area (Å²) in [7, 11) is 0. The average Bonchev–Trinajstić information content (AvgIpc) is 3.40. The highest BCUT2D eigenvalue weighted by Gasteiger charge is 2.23. The molecule has 0 saturated carbocycles. The van der Waals surface area contributed by atoms with E-state index in [1.165, 1.54) is 0 Å². The highest BCUT2D eigenvalue weighted by Crippen LogP contribution is 2.35. The Kier molecular flexibility index (Phi) is 11.0. The Morgan fingerprint density at radius 2 is 1.30 bits per heavy atom. The molecule has 2 N–H and O–H groups in total. The third-order valence-corrected chi connectivity index (χ3v) is 6.22. The fourth-order valence-corrected chi connectivity index (χ4v) is 4.36. The van der Waals surface area contributed by atoms with Crippen molar-refractivity contribution in [2.45, 2.75) is 46.0 Å². The molecule has 0 fully saturated rings. The summed E-state index contributed by atoms with van der Waals surface area (Å²) in [6, 6.07) is 10.9. The second kappa shape index (κ2) is 14.4. The molecule has 37 heavy (non-hydrogen) atoms. The van der Waals surface area contributed by atoms with Crippen molar-refractivity contribution in [1.29, 1.82) is 0 Å². The van der Waals surface area contributed by atoms with E-state index in [1.807, 2.05) is 32.0 Å². The molecule has 0 spiro atoms. The molecule has 2 aromatic carbocycles. The first-order chi connectivity index (χ1) is 17.9. The Hall–Kier alpha value is -3.36. The van der Waals surface area contributed by atoms with E-state index in [0.717, 1.165) is 60.9 Å². The number of ether oxygens (including phenoxy) is 2. The van der Waals surface area contributed by atoms with Gasteiger partial charge in [-0.1, -0.05) is 50.2 Å². The van der Waals surface area contributed by atoms with Crippen LogP contribution in [0, 0.1) is 0 Å². The largest absolute Gasteiger partial charge is 0.456 e. The SMILES string of the molecule is CCCNCC(=O)OCC(=O)c1ccc(-c2ccc(C(=O)COC(=O)CNCCC)c3c2CCC3)cc1. The number of fused-ring (bicyclic) bond motifs is 1. The fraction of sp³-hybridized carbons (Fsp3) is 0.448. The van der Waals surface area contributed by atoms with Gasteiger partial charge in [-0.25, -0.2) is 0 Å². The number of carbonyl (C=O) groups is 4. The van der Waals surface area contributed by atoms with Crippen LogP contribution in [-0.2, 0) is 31.9 Å². The Morgan fingerprint density at radius 1 is 0.730 bits per heavy atom. The van der Waals surface area contributed by atoms with Gasteiger partial charge in [0.2, 0.25) is 5.78 Å². The normalized spacial score (nSPS) is 12.2. The molecule has 0 aromatic heterocycles. The van der Waals surface area contributed by atoms with Crippen molar-refractivity contribution in [3.8, 4) is 11.1 Å². The predicted octanol–water partition coefficient (Wildman–Crippen LogP) is 3.29. The summed E-state index contributed by atoms with van der Waals surface area (Å²) < 4.78 is 10.2. The van der Waals surface area contributed by atoms with Gasteiger partial charge < -0.3 is 20.1 Å². The van der Waals surface area contributed by atoms with Gasteiger partial charge in [0.05, 0.1) is 13.1 Å². The number of Topliss-reactive ketones (excluding diaryl/α,β-unsaturated/α-hetero) is 2. The van der Waals surface area contributed by atoms with Crippen LogP contribution in [0.25, 0.3) is 11.1 Å². The lowest BCUT2D eigenvalue weighted by molar-refractivity contribution is -0.142. The maximum absolute atomic E-state index is 12.8. The minimum Gasteiger partial charge on any atom is -0.456 e. The van der Waals surface area contributed by atoms with Crippen molar-refractivity contribution in [3.05, 3.63) is 58.7 Å². The van der Waals surface area contributed by atoms with E-state index < -0.39 is 11.9 Å². The quantitative estimate of drug-likeness (QED) is 0.214. The maximum Gasteiger partial charge on any atom is 0.320 e. The Labute approximate surface area is 218 Å². The van der Waals surface area contributed by atoms with Crippen molar-refractivity contribution in [2.75, 3.05) is 39.4 Å². The van der Waals surface area contributed by atoms with Gasteiger partial charge in [0, 0.05) is 11.1 Å². The third kappa shape index (κ3) is 8.06. The lowest BCUT2D eigenvalue weighted by Crippen LogP contribution is -2.27. The first-order valence-corrected chi connectivity index (χ1v) is 13.0. The molecule has 1 aliphatic rings. The summed E-state index contributed by atoms with van der Waals surface area (Å²) in [5.74, 6) is -1.35. The number of hydrogen-bond acceptors (Lipinski definition) is 8. The van der Waals surface area contributed by atoms with Crippen molar-refractivity contribution in [1.82, 2.24) is 10.6 Å². The van der Waals surface area contributed by atoms with E-state index in [1.54, 1.807) is 18.2 Å².